The Morgan fingerprint density at radius 1 is 0.870 bits per heavy atom. The Balaban J connectivity index is 0.000000167. The van der Waals surface area contributed by atoms with Gasteiger partial charge in [-0.2, -0.15) is 0 Å². The van der Waals surface area contributed by atoms with E-state index in [1.54, 1.807) is 39.3 Å². The highest BCUT2D eigenvalue weighted by atomic mass is 32.1. The molecule has 3 rings (SSSR count). The second-order valence-electron chi connectivity index (χ2n) is 6.00. The first-order chi connectivity index (χ1) is 11.0. The number of fused-ring (bicyclic) bond motifs is 1. The zero-order valence-corrected chi connectivity index (χ0v) is 16.6. The molecule has 1 aliphatic rings. The van der Waals surface area contributed by atoms with Crippen molar-refractivity contribution in [3.05, 3.63) is 36.7 Å². The molecule has 0 radical (unpaired) electrons. The summed E-state index contributed by atoms with van der Waals surface area (Å²) in [5.74, 6) is 0.995. The van der Waals surface area contributed by atoms with Crippen molar-refractivity contribution in [3.8, 4) is 5.75 Å². The lowest BCUT2D eigenvalue weighted by molar-refractivity contribution is 0.146. The summed E-state index contributed by atoms with van der Waals surface area (Å²) < 4.78 is 10.4. The maximum Gasteiger partial charge on any atom is 0.133 e. The lowest BCUT2D eigenvalue weighted by Crippen LogP contribution is -2.03. The van der Waals surface area contributed by atoms with E-state index >= 15 is 0 Å². The zero-order chi connectivity index (χ0) is 16.8. The molecule has 0 fully saturated rings. The van der Waals surface area contributed by atoms with Crippen molar-refractivity contribution in [1.29, 1.82) is 0 Å². The normalized spacial score (nSPS) is 13.3. The minimum Gasteiger partial charge on any atom is -0.490 e. The van der Waals surface area contributed by atoms with Crippen LogP contribution in [0.3, 0.4) is 0 Å². The van der Waals surface area contributed by atoms with E-state index in [0.717, 1.165) is 5.75 Å². The summed E-state index contributed by atoms with van der Waals surface area (Å²) in [6.45, 7) is 9.96. The van der Waals surface area contributed by atoms with E-state index in [2.05, 4.69) is 33.8 Å². The topological polar surface area (TPSA) is 18.5 Å². The van der Waals surface area contributed by atoms with Gasteiger partial charge in [-0.3, -0.25) is 0 Å². The maximum absolute atomic E-state index is 5.48. The number of rotatable bonds is 4. The highest BCUT2D eigenvalue weighted by Gasteiger charge is 2.15. The summed E-state index contributed by atoms with van der Waals surface area (Å²) in [4.78, 5) is 5.66. The van der Waals surface area contributed by atoms with Crippen molar-refractivity contribution in [2.75, 3.05) is 20.3 Å². The van der Waals surface area contributed by atoms with Crippen LogP contribution in [0, 0.1) is 27.7 Å². The van der Waals surface area contributed by atoms with Gasteiger partial charge < -0.3 is 9.47 Å². The molecule has 128 valence electrons. The van der Waals surface area contributed by atoms with Crippen LogP contribution >= 0.6 is 22.7 Å². The summed E-state index contributed by atoms with van der Waals surface area (Å²) in [6.07, 6.45) is 5.49. The van der Waals surface area contributed by atoms with Gasteiger partial charge in [-0.15, -0.1) is 22.7 Å². The molecule has 0 spiro atoms. The van der Waals surface area contributed by atoms with E-state index in [0.29, 0.717) is 13.2 Å². The molecule has 0 aromatic carbocycles. The fourth-order valence-corrected chi connectivity index (χ4v) is 5.04. The number of hydrogen-bond acceptors (Lipinski definition) is 4. The Bertz CT molecular complexity index is 599. The highest BCUT2D eigenvalue weighted by Crippen LogP contribution is 2.33. The molecule has 0 amide bonds. The van der Waals surface area contributed by atoms with Gasteiger partial charge in [-0.1, -0.05) is 0 Å². The van der Waals surface area contributed by atoms with Crippen LogP contribution in [0.1, 0.15) is 43.5 Å². The molecular weight excluding hydrogens is 324 g/mol. The van der Waals surface area contributed by atoms with E-state index in [-0.39, 0.29) is 0 Å². The van der Waals surface area contributed by atoms with Gasteiger partial charge in [0.15, 0.2) is 0 Å². The molecule has 2 aromatic heterocycles. The van der Waals surface area contributed by atoms with Crippen LogP contribution in [0.4, 0.5) is 0 Å². The summed E-state index contributed by atoms with van der Waals surface area (Å²) >= 11 is 3.75. The lowest BCUT2D eigenvalue weighted by atomic mass is 9.92. The number of aryl methyl sites for hydroxylation is 4. The molecule has 0 aliphatic heterocycles. The molecule has 2 heterocycles. The molecule has 2 nitrogen and oxygen atoms in total. The number of ether oxygens (including phenoxy) is 2. The molecule has 1 aliphatic carbocycles. The summed E-state index contributed by atoms with van der Waals surface area (Å²) in [5.41, 5.74) is 3.36. The molecule has 0 saturated carbocycles. The first-order valence-corrected chi connectivity index (χ1v) is 9.92. The first kappa shape index (κ1) is 18.5. The quantitative estimate of drug-likeness (QED) is 0.664. The van der Waals surface area contributed by atoms with Gasteiger partial charge in [0, 0.05) is 26.6 Å². The van der Waals surface area contributed by atoms with Crippen LogP contribution < -0.4 is 4.74 Å². The van der Waals surface area contributed by atoms with E-state index in [1.165, 1.54) is 35.4 Å². The second-order valence-corrected chi connectivity index (χ2v) is 8.89. The number of thiophene rings is 2. The van der Waals surface area contributed by atoms with Crippen molar-refractivity contribution in [3.63, 3.8) is 0 Å². The highest BCUT2D eigenvalue weighted by molar-refractivity contribution is 7.12. The maximum atomic E-state index is 5.48. The molecule has 2 aromatic rings. The van der Waals surface area contributed by atoms with Gasteiger partial charge in [0.05, 0.1) is 6.61 Å². The van der Waals surface area contributed by atoms with Crippen LogP contribution in [-0.2, 0) is 17.6 Å². The van der Waals surface area contributed by atoms with E-state index in [4.69, 9.17) is 9.47 Å². The van der Waals surface area contributed by atoms with Crippen LogP contribution in [0.25, 0.3) is 0 Å². The fourth-order valence-electron chi connectivity index (χ4n) is 3.02. The molecule has 23 heavy (non-hydrogen) atoms. The Labute approximate surface area is 148 Å². The average Bonchev–Trinajstić information content (AvgIpc) is 3.00. The van der Waals surface area contributed by atoms with Gasteiger partial charge in [-0.25, -0.2) is 0 Å². The monoisotopic (exact) mass is 352 g/mol. The van der Waals surface area contributed by atoms with Gasteiger partial charge in [0.1, 0.15) is 12.4 Å². The number of methoxy groups -OCH3 is 1. The first-order valence-electron chi connectivity index (χ1n) is 8.29. The smallest absolute Gasteiger partial charge is 0.133 e. The standard InChI is InChI=1S/C10H14S.C9H14O2S/c1-7-9-5-3-4-6-10(9)8(2)11-7;1-7-6-9(8(2)12-7)11-5-4-10-3/h3-6H2,1-2H3;6H,4-5H2,1-3H3. The lowest BCUT2D eigenvalue weighted by Gasteiger charge is -2.12. The Morgan fingerprint density at radius 2 is 1.48 bits per heavy atom. The minimum absolute atomic E-state index is 0.632. The van der Waals surface area contributed by atoms with Crippen molar-refractivity contribution < 1.29 is 9.47 Å². The molecule has 0 bridgehead atoms. The summed E-state index contributed by atoms with van der Waals surface area (Å²) in [7, 11) is 1.68. The third kappa shape index (κ3) is 5.07. The van der Waals surface area contributed by atoms with Crippen molar-refractivity contribution in [1.82, 2.24) is 0 Å². The predicted molar refractivity (Wildman–Crippen MR) is 102 cm³/mol. The summed E-state index contributed by atoms with van der Waals surface area (Å²) in [6, 6.07) is 2.07. The Kier molecular flexibility index (Phi) is 7.12. The number of hydrogen-bond donors (Lipinski definition) is 0. The van der Waals surface area contributed by atoms with E-state index < -0.39 is 0 Å². The van der Waals surface area contributed by atoms with Crippen molar-refractivity contribution >= 4 is 22.7 Å². The van der Waals surface area contributed by atoms with Crippen LogP contribution in [0.5, 0.6) is 5.75 Å². The fraction of sp³-hybridized carbons (Fsp3) is 0.579. The molecule has 0 unspecified atom stereocenters. The molecule has 4 heteroatoms. The van der Waals surface area contributed by atoms with Crippen LogP contribution in [0.15, 0.2) is 6.07 Å². The van der Waals surface area contributed by atoms with Crippen LogP contribution in [0.2, 0.25) is 0 Å². The van der Waals surface area contributed by atoms with Gasteiger partial charge in [-0.05, 0) is 70.6 Å². The molecular formula is C19H28O2S2. The molecule has 0 N–H and O–H groups in total. The summed E-state index contributed by atoms with van der Waals surface area (Å²) in [5, 5.41) is 0. The predicted octanol–water partition coefficient (Wildman–Crippen LogP) is 5.63. The largest absolute Gasteiger partial charge is 0.490 e. The second kappa shape index (κ2) is 8.86. The van der Waals surface area contributed by atoms with E-state index in [9.17, 15) is 0 Å². The van der Waals surface area contributed by atoms with Crippen LogP contribution in [-0.4, -0.2) is 20.3 Å². The Morgan fingerprint density at radius 3 is 1.96 bits per heavy atom. The molecule has 0 saturated heterocycles. The van der Waals surface area contributed by atoms with Crippen molar-refractivity contribution in [2.45, 2.75) is 53.4 Å². The average molecular weight is 353 g/mol. The van der Waals surface area contributed by atoms with Crippen molar-refractivity contribution in [2.24, 2.45) is 0 Å². The molecule has 0 atom stereocenters. The van der Waals surface area contributed by atoms with Gasteiger partial charge in [0.2, 0.25) is 0 Å². The van der Waals surface area contributed by atoms with E-state index in [1.807, 2.05) is 11.3 Å². The zero-order valence-electron chi connectivity index (χ0n) is 15.0. The Hall–Kier alpha value is -0.840. The SMILES string of the molecule is COCCOc1cc(C)sc1C.Cc1sc(C)c2c1CCCC2. The third-order valence-electron chi connectivity index (χ3n) is 4.16. The van der Waals surface area contributed by atoms with Gasteiger partial charge >= 0.3 is 0 Å². The minimum atomic E-state index is 0.632. The van der Waals surface area contributed by atoms with Gasteiger partial charge in [0.25, 0.3) is 0 Å². The third-order valence-corrected chi connectivity index (χ3v) is 6.22.